The minimum Gasteiger partial charge on any atom is -0.472 e. The van der Waals surface area contributed by atoms with Crippen LogP contribution < -0.4 is 0 Å². The zero-order chi connectivity index (χ0) is 22.5. The van der Waals surface area contributed by atoms with Gasteiger partial charge in [-0.15, -0.1) is 11.3 Å². The number of halogens is 4. The summed E-state index contributed by atoms with van der Waals surface area (Å²) >= 11 is 8.05. The lowest BCUT2D eigenvalue weighted by Crippen LogP contribution is -2.18. The van der Waals surface area contributed by atoms with Crippen molar-refractivity contribution in [3.05, 3.63) is 75.7 Å². The fourth-order valence-electron chi connectivity index (χ4n) is 4.02. The third-order valence-electron chi connectivity index (χ3n) is 5.67. The lowest BCUT2D eigenvalue weighted by atomic mass is 9.85. The summed E-state index contributed by atoms with van der Waals surface area (Å²) in [7, 11) is 0. The first-order valence-corrected chi connectivity index (χ1v) is 11.2. The summed E-state index contributed by atoms with van der Waals surface area (Å²) in [4.78, 5) is 18.4. The first-order valence-electron chi connectivity index (χ1n) is 9.91. The minimum absolute atomic E-state index is 0.117. The van der Waals surface area contributed by atoms with Crippen molar-refractivity contribution >= 4 is 39.9 Å². The van der Waals surface area contributed by atoms with Gasteiger partial charge >= 0.3 is 6.18 Å². The lowest BCUT2D eigenvalue weighted by Gasteiger charge is -2.19. The monoisotopic (exact) mass is 476 g/mol. The number of allylic oxidation sites excluding steroid dienone is 2. The van der Waals surface area contributed by atoms with Gasteiger partial charge in [0.2, 0.25) is 0 Å². The van der Waals surface area contributed by atoms with Crippen molar-refractivity contribution in [2.45, 2.75) is 25.4 Å². The van der Waals surface area contributed by atoms with Crippen LogP contribution in [0.1, 0.15) is 40.2 Å². The topological polar surface area (TPSA) is 47.5 Å². The number of carbonyl (C=O) groups is 1. The van der Waals surface area contributed by atoms with Crippen LogP contribution in [0.3, 0.4) is 0 Å². The van der Waals surface area contributed by atoms with E-state index < -0.39 is 11.7 Å². The third-order valence-corrected chi connectivity index (χ3v) is 6.98. The fourth-order valence-corrected chi connectivity index (χ4v) is 5.08. The standard InChI is InChI=1S/C23H16ClF3N2O2S/c24-21-19(20(30)14-5-3-13(4-6-14)18-2-1-9-32-18)28-22-17(23(25,26)27)10-16(11-29(21)22)15-7-8-31-12-15/h1-3,7-12,14H,4-6H2/t14-/m1/s1. The number of ketones is 1. The van der Waals surface area contributed by atoms with Crippen LogP contribution in [0.15, 0.2) is 58.9 Å². The first-order chi connectivity index (χ1) is 15.3. The maximum Gasteiger partial charge on any atom is 0.420 e. The van der Waals surface area contributed by atoms with E-state index in [2.05, 4.69) is 4.98 Å². The molecule has 164 valence electrons. The second kappa shape index (κ2) is 7.94. The smallest absolute Gasteiger partial charge is 0.420 e. The molecule has 0 unspecified atom stereocenters. The van der Waals surface area contributed by atoms with Crippen molar-refractivity contribution in [2.24, 2.45) is 5.92 Å². The van der Waals surface area contributed by atoms with E-state index in [1.807, 2.05) is 23.6 Å². The molecular formula is C23H16ClF3N2O2S. The van der Waals surface area contributed by atoms with Crippen molar-refractivity contribution < 1.29 is 22.4 Å². The number of alkyl halides is 3. The number of carbonyl (C=O) groups excluding carboxylic acids is 1. The summed E-state index contributed by atoms with van der Waals surface area (Å²) in [5.74, 6) is -0.707. The Morgan fingerprint density at radius 3 is 2.75 bits per heavy atom. The highest BCUT2D eigenvalue weighted by Gasteiger charge is 2.37. The van der Waals surface area contributed by atoms with Crippen LogP contribution in [0.2, 0.25) is 5.15 Å². The molecule has 0 saturated carbocycles. The van der Waals surface area contributed by atoms with Gasteiger partial charge in [0, 0.05) is 28.1 Å². The molecule has 0 amide bonds. The predicted molar refractivity (Wildman–Crippen MR) is 117 cm³/mol. The predicted octanol–water partition coefficient (Wildman–Crippen LogP) is 7.39. The van der Waals surface area contributed by atoms with Gasteiger partial charge in [-0.3, -0.25) is 9.20 Å². The molecule has 0 radical (unpaired) electrons. The van der Waals surface area contributed by atoms with Crippen LogP contribution in [-0.4, -0.2) is 15.2 Å². The number of fused-ring (bicyclic) bond motifs is 1. The molecule has 9 heteroatoms. The van der Waals surface area contributed by atoms with Crippen LogP contribution in [0.4, 0.5) is 13.2 Å². The Kier molecular flexibility index (Phi) is 5.22. The minimum atomic E-state index is -4.67. The average molecular weight is 477 g/mol. The maximum atomic E-state index is 13.8. The van der Waals surface area contributed by atoms with Crippen LogP contribution in [0, 0.1) is 5.92 Å². The number of imidazole rings is 1. The van der Waals surface area contributed by atoms with Crippen LogP contribution >= 0.6 is 22.9 Å². The van der Waals surface area contributed by atoms with Crippen molar-refractivity contribution in [1.29, 1.82) is 0 Å². The summed E-state index contributed by atoms with van der Waals surface area (Å²) in [5, 5.41) is 1.88. The highest BCUT2D eigenvalue weighted by Crippen LogP contribution is 2.39. The Bertz CT molecular complexity index is 1320. The molecule has 32 heavy (non-hydrogen) atoms. The fraction of sp³-hybridized carbons (Fsp3) is 0.217. The number of thiophene rings is 1. The highest BCUT2D eigenvalue weighted by atomic mass is 35.5. The van der Waals surface area contributed by atoms with E-state index >= 15 is 0 Å². The second-order valence-electron chi connectivity index (χ2n) is 7.64. The van der Waals surface area contributed by atoms with Gasteiger partial charge in [0.15, 0.2) is 11.4 Å². The molecule has 4 aromatic heterocycles. The van der Waals surface area contributed by atoms with E-state index in [9.17, 15) is 18.0 Å². The van der Waals surface area contributed by atoms with Gasteiger partial charge in [0.25, 0.3) is 0 Å². The van der Waals surface area contributed by atoms with E-state index in [4.69, 9.17) is 16.0 Å². The summed E-state index contributed by atoms with van der Waals surface area (Å²) in [6.07, 6.45) is 3.34. The Morgan fingerprint density at radius 2 is 2.12 bits per heavy atom. The average Bonchev–Trinajstić information content (AvgIpc) is 3.54. The number of pyridine rings is 1. The summed E-state index contributed by atoms with van der Waals surface area (Å²) in [5.41, 5.74) is 0.449. The zero-order valence-electron chi connectivity index (χ0n) is 16.5. The van der Waals surface area contributed by atoms with Crippen LogP contribution in [-0.2, 0) is 6.18 Å². The molecule has 0 spiro atoms. The number of Topliss-reactive ketones (excluding diaryl/α,β-unsaturated/α-hetero) is 1. The summed E-state index contributed by atoms with van der Waals surface area (Å²) in [6.45, 7) is 0. The number of hydrogen-bond donors (Lipinski definition) is 0. The molecule has 1 aliphatic carbocycles. The van der Waals surface area contributed by atoms with Gasteiger partial charge < -0.3 is 4.42 Å². The highest BCUT2D eigenvalue weighted by molar-refractivity contribution is 7.11. The molecular weight excluding hydrogens is 461 g/mol. The van der Waals surface area contributed by atoms with Gasteiger partial charge in [0.05, 0.1) is 18.1 Å². The molecule has 0 N–H and O–H groups in total. The van der Waals surface area contributed by atoms with Crippen LogP contribution in [0.25, 0.3) is 22.3 Å². The molecule has 0 fully saturated rings. The van der Waals surface area contributed by atoms with Crippen molar-refractivity contribution in [2.75, 3.05) is 0 Å². The Hall–Kier alpha value is -2.84. The van der Waals surface area contributed by atoms with E-state index in [1.54, 1.807) is 17.4 Å². The first kappa shape index (κ1) is 21.0. The normalized spacial score (nSPS) is 17.0. The van der Waals surface area contributed by atoms with E-state index in [0.29, 0.717) is 18.4 Å². The molecule has 1 aliphatic rings. The van der Waals surface area contributed by atoms with Crippen molar-refractivity contribution in [3.8, 4) is 11.1 Å². The number of furan rings is 1. The SMILES string of the molecule is O=C(c1nc2c(C(F)(F)F)cc(-c3ccoc3)cn2c1Cl)[C@@H]1CC=C(c2cccs2)CC1. The van der Waals surface area contributed by atoms with Crippen molar-refractivity contribution in [1.82, 2.24) is 9.38 Å². The molecule has 4 heterocycles. The largest absolute Gasteiger partial charge is 0.472 e. The van der Waals surface area contributed by atoms with Gasteiger partial charge in [-0.25, -0.2) is 4.98 Å². The van der Waals surface area contributed by atoms with Gasteiger partial charge in [0.1, 0.15) is 10.8 Å². The van der Waals surface area contributed by atoms with E-state index in [0.717, 1.165) is 16.9 Å². The molecule has 0 bridgehead atoms. The summed E-state index contributed by atoms with van der Waals surface area (Å²) in [6, 6.07) is 6.56. The van der Waals surface area contributed by atoms with Gasteiger partial charge in [-0.2, -0.15) is 13.2 Å². The summed E-state index contributed by atoms with van der Waals surface area (Å²) < 4.78 is 47.5. The van der Waals surface area contributed by atoms with Crippen LogP contribution in [0.5, 0.6) is 0 Å². The number of hydrogen-bond acceptors (Lipinski definition) is 4. The van der Waals surface area contributed by atoms with Gasteiger partial charge in [-0.1, -0.05) is 23.7 Å². The molecule has 0 aromatic carbocycles. The van der Waals surface area contributed by atoms with E-state index in [-0.39, 0.29) is 33.8 Å². The van der Waals surface area contributed by atoms with Crippen molar-refractivity contribution in [3.63, 3.8) is 0 Å². The Morgan fingerprint density at radius 1 is 1.28 bits per heavy atom. The Labute approximate surface area is 190 Å². The molecule has 1 atom stereocenters. The lowest BCUT2D eigenvalue weighted by molar-refractivity contribution is -0.136. The molecule has 0 saturated heterocycles. The third kappa shape index (κ3) is 3.67. The van der Waals surface area contributed by atoms with E-state index in [1.165, 1.54) is 29.2 Å². The van der Waals surface area contributed by atoms with Gasteiger partial charge in [-0.05, 0) is 48.4 Å². The number of rotatable bonds is 4. The maximum absolute atomic E-state index is 13.8. The molecule has 5 rings (SSSR count). The molecule has 0 aliphatic heterocycles. The quantitative estimate of drug-likeness (QED) is 0.288. The molecule has 4 aromatic rings. The number of nitrogens with zero attached hydrogens (tertiary/aromatic N) is 2. The zero-order valence-corrected chi connectivity index (χ0v) is 18.1. The molecule has 4 nitrogen and oxygen atoms in total. The second-order valence-corrected chi connectivity index (χ2v) is 8.94. The number of aromatic nitrogens is 2. The Balaban J connectivity index is 1.54.